The van der Waals surface area contributed by atoms with Crippen LogP contribution in [0.5, 0.6) is 0 Å². The largest absolute Gasteiger partial charge is 0.378 e. The van der Waals surface area contributed by atoms with E-state index in [2.05, 4.69) is 17.9 Å². The van der Waals surface area contributed by atoms with Gasteiger partial charge in [-0.3, -0.25) is 0 Å². The number of nitrogens with one attached hydrogen (secondary N) is 1. The Balaban J connectivity index is 2.12. The molecule has 1 rings (SSSR count). The summed E-state index contributed by atoms with van der Waals surface area (Å²) >= 11 is 4.13. The number of ether oxygens (including phenoxy) is 1. The molecule has 3 heteroatoms. The van der Waals surface area contributed by atoms with Gasteiger partial charge >= 0.3 is 0 Å². The zero-order valence-electron chi connectivity index (χ0n) is 4.05. The van der Waals surface area contributed by atoms with E-state index >= 15 is 0 Å². The van der Waals surface area contributed by atoms with Crippen LogP contribution in [0.15, 0.2) is 0 Å². The summed E-state index contributed by atoms with van der Waals surface area (Å²) in [7, 11) is 0. The van der Waals surface area contributed by atoms with Crippen molar-refractivity contribution in [2.24, 2.45) is 0 Å². The molecule has 1 fully saturated rings. The minimum atomic E-state index is 0.258. The van der Waals surface area contributed by atoms with Crippen LogP contribution in [-0.4, -0.2) is 25.1 Å². The van der Waals surface area contributed by atoms with Crippen LogP contribution in [0.3, 0.4) is 0 Å². The van der Waals surface area contributed by atoms with Crippen LogP contribution >= 0.6 is 12.6 Å². The van der Waals surface area contributed by atoms with E-state index in [4.69, 9.17) is 4.74 Å². The summed E-state index contributed by atoms with van der Waals surface area (Å²) in [5, 5.41) is 3.38. The molecule has 2 nitrogen and oxygen atoms in total. The van der Waals surface area contributed by atoms with E-state index in [0.717, 1.165) is 19.8 Å². The summed E-state index contributed by atoms with van der Waals surface area (Å²) in [4.78, 5) is 0. The van der Waals surface area contributed by atoms with Crippen molar-refractivity contribution in [3.05, 3.63) is 0 Å². The molecule has 0 aromatic rings. The predicted octanol–water partition coefficient (Wildman–Crippen LogP) is -0.138. The Morgan fingerprint density at radius 1 is 1.71 bits per heavy atom. The normalized spacial score (nSPS) is 33.0. The molecule has 42 valence electrons. The Bertz CT molecular complexity index is 53.7. The van der Waals surface area contributed by atoms with Crippen molar-refractivity contribution in [3.63, 3.8) is 0 Å². The summed E-state index contributed by atoms with van der Waals surface area (Å²) in [6.07, 6.45) is 0. The molecule has 0 radical (unpaired) electrons. The number of morpholine rings is 1. The third-order valence-electron chi connectivity index (χ3n) is 0.902. The second kappa shape index (κ2) is 2.55. The van der Waals surface area contributed by atoms with Crippen LogP contribution < -0.4 is 5.32 Å². The molecule has 0 saturated carbocycles. The maximum Gasteiger partial charge on any atom is 0.0740 e. The third-order valence-corrected chi connectivity index (χ3v) is 1.23. The molecule has 1 heterocycles. The highest BCUT2D eigenvalue weighted by molar-refractivity contribution is 7.80. The third kappa shape index (κ3) is 1.67. The van der Waals surface area contributed by atoms with Crippen LogP contribution in [0, 0.1) is 0 Å². The van der Waals surface area contributed by atoms with Crippen molar-refractivity contribution in [2.45, 2.75) is 5.37 Å². The molecule has 1 N–H and O–H groups in total. The van der Waals surface area contributed by atoms with E-state index in [1.165, 1.54) is 0 Å². The summed E-state index contributed by atoms with van der Waals surface area (Å²) < 4.78 is 5.04. The van der Waals surface area contributed by atoms with Gasteiger partial charge < -0.3 is 10.1 Å². The maximum absolute atomic E-state index is 5.04. The first-order chi connectivity index (χ1) is 3.39. The molecule has 0 aliphatic carbocycles. The van der Waals surface area contributed by atoms with Gasteiger partial charge in [0, 0.05) is 6.54 Å². The second-order valence-electron chi connectivity index (χ2n) is 1.54. The average molecular weight is 119 g/mol. The van der Waals surface area contributed by atoms with Gasteiger partial charge in [-0.2, -0.15) is 12.6 Å². The first-order valence-corrected chi connectivity index (χ1v) is 2.90. The van der Waals surface area contributed by atoms with E-state index in [1.807, 2.05) is 0 Å². The molecule has 1 atom stereocenters. The molecular formula is C4H9NOS. The molecule has 0 amide bonds. The van der Waals surface area contributed by atoms with Gasteiger partial charge in [0.05, 0.1) is 18.6 Å². The topological polar surface area (TPSA) is 21.3 Å². The molecule has 0 bridgehead atoms. The van der Waals surface area contributed by atoms with Crippen molar-refractivity contribution in [1.29, 1.82) is 0 Å². The first-order valence-electron chi connectivity index (χ1n) is 2.39. The highest BCUT2D eigenvalue weighted by Gasteiger charge is 2.05. The van der Waals surface area contributed by atoms with Crippen molar-refractivity contribution in [1.82, 2.24) is 5.32 Å². The number of rotatable bonds is 0. The zero-order chi connectivity index (χ0) is 5.11. The fourth-order valence-electron chi connectivity index (χ4n) is 0.552. The first kappa shape index (κ1) is 5.41. The lowest BCUT2D eigenvalue weighted by Crippen LogP contribution is -2.37. The van der Waals surface area contributed by atoms with Gasteiger partial charge in [0.1, 0.15) is 0 Å². The number of hydrogen-bond acceptors (Lipinski definition) is 3. The summed E-state index contributed by atoms with van der Waals surface area (Å²) in [6, 6.07) is 0. The van der Waals surface area contributed by atoms with Crippen LogP contribution in [-0.2, 0) is 4.74 Å². The van der Waals surface area contributed by atoms with Crippen LogP contribution in [0.25, 0.3) is 0 Å². The molecule has 1 aliphatic heterocycles. The van der Waals surface area contributed by atoms with Gasteiger partial charge in [0.25, 0.3) is 0 Å². The van der Waals surface area contributed by atoms with E-state index in [9.17, 15) is 0 Å². The Labute approximate surface area is 48.6 Å². The average Bonchev–Trinajstić information content (AvgIpc) is 1.69. The zero-order valence-corrected chi connectivity index (χ0v) is 4.95. The highest BCUT2D eigenvalue weighted by atomic mass is 32.1. The number of hydrogen-bond donors (Lipinski definition) is 2. The smallest absolute Gasteiger partial charge is 0.0740 e. The fraction of sp³-hybridized carbons (Fsp3) is 1.00. The predicted molar refractivity (Wildman–Crippen MR) is 31.6 cm³/mol. The Kier molecular flexibility index (Phi) is 1.97. The van der Waals surface area contributed by atoms with E-state index in [-0.39, 0.29) is 5.37 Å². The van der Waals surface area contributed by atoms with E-state index in [1.54, 1.807) is 0 Å². The highest BCUT2D eigenvalue weighted by Crippen LogP contribution is 1.94. The lowest BCUT2D eigenvalue weighted by atomic mass is 10.5. The van der Waals surface area contributed by atoms with E-state index < -0.39 is 0 Å². The quantitative estimate of drug-likeness (QED) is 0.433. The van der Waals surface area contributed by atoms with E-state index in [0.29, 0.717) is 0 Å². The molecule has 0 aromatic carbocycles. The Hall–Kier alpha value is 0.270. The van der Waals surface area contributed by atoms with Crippen LogP contribution in [0.2, 0.25) is 0 Å². The molecular weight excluding hydrogens is 110 g/mol. The van der Waals surface area contributed by atoms with Crippen molar-refractivity contribution in [2.75, 3.05) is 19.8 Å². The molecule has 1 saturated heterocycles. The van der Waals surface area contributed by atoms with Gasteiger partial charge in [-0.1, -0.05) is 0 Å². The molecule has 1 unspecified atom stereocenters. The minimum absolute atomic E-state index is 0.258. The van der Waals surface area contributed by atoms with Crippen molar-refractivity contribution in [3.8, 4) is 0 Å². The summed E-state index contributed by atoms with van der Waals surface area (Å²) in [5.41, 5.74) is 0. The summed E-state index contributed by atoms with van der Waals surface area (Å²) in [6.45, 7) is 2.51. The second-order valence-corrected chi connectivity index (χ2v) is 2.17. The molecule has 1 aliphatic rings. The monoisotopic (exact) mass is 119 g/mol. The van der Waals surface area contributed by atoms with Gasteiger partial charge in [-0.25, -0.2) is 0 Å². The molecule has 7 heavy (non-hydrogen) atoms. The fourth-order valence-corrected chi connectivity index (χ4v) is 0.786. The lowest BCUT2D eigenvalue weighted by molar-refractivity contribution is 0.101. The van der Waals surface area contributed by atoms with Crippen LogP contribution in [0.4, 0.5) is 0 Å². The van der Waals surface area contributed by atoms with Gasteiger partial charge in [0.2, 0.25) is 0 Å². The molecule has 0 spiro atoms. The van der Waals surface area contributed by atoms with Gasteiger partial charge in [0.15, 0.2) is 0 Å². The van der Waals surface area contributed by atoms with Gasteiger partial charge in [-0.05, 0) is 0 Å². The SMILES string of the molecule is SC1COCCN1. The lowest BCUT2D eigenvalue weighted by Gasteiger charge is -2.18. The molecule has 0 aromatic heterocycles. The maximum atomic E-state index is 5.04. The minimum Gasteiger partial charge on any atom is -0.378 e. The van der Waals surface area contributed by atoms with Crippen molar-refractivity contribution < 1.29 is 4.74 Å². The van der Waals surface area contributed by atoms with Crippen molar-refractivity contribution >= 4 is 12.6 Å². The van der Waals surface area contributed by atoms with Gasteiger partial charge in [-0.15, -0.1) is 0 Å². The summed E-state index contributed by atoms with van der Waals surface area (Å²) in [5.74, 6) is 0. The Morgan fingerprint density at radius 2 is 2.57 bits per heavy atom. The Morgan fingerprint density at radius 3 is 2.86 bits per heavy atom. The van der Waals surface area contributed by atoms with Crippen LogP contribution in [0.1, 0.15) is 0 Å². The number of thiol groups is 1. The standard InChI is InChI=1S/C4H9NOS/c7-4-3-6-2-1-5-4/h4-5,7H,1-3H2.